The second-order valence-electron chi connectivity index (χ2n) is 9.13. The molecule has 0 bridgehead atoms. The van der Waals surface area contributed by atoms with Gasteiger partial charge in [-0.15, -0.1) is 0 Å². The van der Waals surface area contributed by atoms with Crippen molar-refractivity contribution in [2.24, 2.45) is 0 Å². The molecule has 0 saturated heterocycles. The van der Waals surface area contributed by atoms with E-state index in [2.05, 4.69) is 60.7 Å². The van der Waals surface area contributed by atoms with E-state index in [-0.39, 0.29) is 0 Å². The Morgan fingerprint density at radius 2 is 0.882 bits per heavy atom. The van der Waals surface area contributed by atoms with E-state index in [9.17, 15) is 4.57 Å². The molecular formula is C30H27O3P. The SMILES string of the molecule is O=[PH](Oc1cccc2c1CCc1ccccc1C2)Oc1cccc2c1CCc1ccccc1C2. The van der Waals surface area contributed by atoms with Crippen LogP contribution in [0.1, 0.15) is 44.5 Å². The third kappa shape index (κ3) is 4.17. The van der Waals surface area contributed by atoms with Crippen molar-refractivity contribution in [2.75, 3.05) is 0 Å². The number of fused-ring (bicyclic) bond motifs is 4. The summed E-state index contributed by atoms with van der Waals surface area (Å²) in [6.07, 6.45) is 5.40. The molecule has 0 amide bonds. The molecule has 6 rings (SSSR count). The molecule has 170 valence electrons. The molecule has 0 fully saturated rings. The van der Waals surface area contributed by atoms with Gasteiger partial charge < -0.3 is 9.05 Å². The molecule has 2 aliphatic carbocycles. The normalized spacial score (nSPS) is 14.1. The second-order valence-corrected chi connectivity index (χ2v) is 10.0. The van der Waals surface area contributed by atoms with E-state index in [1.807, 2.05) is 24.3 Å². The van der Waals surface area contributed by atoms with Crippen molar-refractivity contribution in [3.63, 3.8) is 0 Å². The summed E-state index contributed by atoms with van der Waals surface area (Å²) in [5, 5.41) is 0. The van der Waals surface area contributed by atoms with Crippen LogP contribution in [0.3, 0.4) is 0 Å². The monoisotopic (exact) mass is 466 g/mol. The minimum absolute atomic E-state index is 0.684. The van der Waals surface area contributed by atoms with Crippen molar-refractivity contribution in [2.45, 2.75) is 38.5 Å². The Hall–Kier alpha value is -3.29. The fourth-order valence-electron chi connectivity index (χ4n) is 5.39. The highest BCUT2D eigenvalue weighted by atomic mass is 31.1. The molecule has 0 atom stereocenters. The molecule has 0 saturated carbocycles. The van der Waals surface area contributed by atoms with E-state index in [1.165, 1.54) is 33.4 Å². The third-order valence-corrected chi connectivity index (χ3v) is 7.91. The predicted octanol–water partition coefficient (Wildman–Crippen LogP) is 6.91. The minimum Gasteiger partial charge on any atom is -0.418 e. The first kappa shape index (κ1) is 21.3. The first-order chi connectivity index (χ1) is 16.7. The average molecular weight is 467 g/mol. The Kier molecular flexibility index (Phi) is 5.73. The van der Waals surface area contributed by atoms with E-state index in [0.717, 1.165) is 49.7 Å². The number of benzene rings is 4. The Bertz CT molecular complexity index is 1290. The van der Waals surface area contributed by atoms with Gasteiger partial charge in [-0.05, 0) is 95.2 Å². The van der Waals surface area contributed by atoms with Gasteiger partial charge in [-0.2, -0.15) is 0 Å². The van der Waals surface area contributed by atoms with Gasteiger partial charge in [0.25, 0.3) is 0 Å². The third-order valence-electron chi connectivity index (χ3n) is 7.13. The quantitative estimate of drug-likeness (QED) is 0.307. The lowest BCUT2D eigenvalue weighted by Gasteiger charge is -2.16. The molecule has 4 heteroatoms. The lowest BCUT2D eigenvalue weighted by atomic mass is 10.0. The van der Waals surface area contributed by atoms with Crippen LogP contribution in [0, 0.1) is 0 Å². The molecule has 4 aromatic rings. The lowest BCUT2D eigenvalue weighted by molar-refractivity contribution is 0.411. The van der Waals surface area contributed by atoms with Gasteiger partial charge in [0, 0.05) is 0 Å². The standard InChI is InChI=1S/C30H27O3P/c31-34(32-29-13-5-11-25-19-23-9-3-1-7-21(23)15-17-27(25)29)33-30-14-6-12-26-20-24-10-4-2-8-22(24)16-18-28(26)30/h1-14,34H,15-20H2. The molecule has 0 aliphatic heterocycles. The highest BCUT2D eigenvalue weighted by Crippen LogP contribution is 2.39. The van der Waals surface area contributed by atoms with E-state index < -0.39 is 8.25 Å². The van der Waals surface area contributed by atoms with Gasteiger partial charge in [0.1, 0.15) is 11.5 Å². The summed E-state index contributed by atoms with van der Waals surface area (Å²) >= 11 is 0. The maximum Gasteiger partial charge on any atom is 0.418 e. The van der Waals surface area contributed by atoms with Crippen LogP contribution in [0.2, 0.25) is 0 Å². The van der Waals surface area contributed by atoms with Crippen molar-refractivity contribution in [1.29, 1.82) is 0 Å². The Morgan fingerprint density at radius 3 is 1.35 bits per heavy atom. The summed E-state index contributed by atoms with van der Waals surface area (Å²) in [6, 6.07) is 29.3. The second kappa shape index (κ2) is 9.16. The van der Waals surface area contributed by atoms with E-state index >= 15 is 0 Å². The molecule has 0 unspecified atom stereocenters. The first-order valence-electron chi connectivity index (χ1n) is 12.0. The van der Waals surface area contributed by atoms with Crippen LogP contribution in [0.15, 0.2) is 84.9 Å². The van der Waals surface area contributed by atoms with Crippen molar-refractivity contribution in [1.82, 2.24) is 0 Å². The van der Waals surface area contributed by atoms with Gasteiger partial charge in [0.15, 0.2) is 0 Å². The molecule has 0 N–H and O–H groups in total. The Morgan fingerprint density at radius 1 is 0.471 bits per heavy atom. The van der Waals surface area contributed by atoms with Crippen LogP contribution >= 0.6 is 8.25 Å². The summed E-state index contributed by atoms with van der Waals surface area (Å²) < 4.78 is 25.1. The first-order valence-corrected chi connectivity index (χ1v) is 13.2. The maximum absolute atomic E-state index is 13.1. The van der Waals surface area contributed by atoms with Crippen LogP contribution in [0.5, 0.6) is 11.5 Å². The summed E-state index contributed by atoms with van der Waals surface area (Å²) in [5.41, 5.74) is 10.2. The van der Waals surface area contributed by atoms with Gasteiger partial charge in [-0.25, -0.2) is 4.57 Å². The molecule has 2 aliphatic rings. The molecule has 0 aromatic heterocycles. The molecule has 34 heavy (non-hydrogen) atoms. The topological polar surface area (TPSA) is 35.5 Å². The predicted molar refractivity (Wildman–Crippen MR) is 136 cm³/mol. The summed E-state index contributed by atoms with van der Waals surface area (Å²) in [5.74, 6) is 1.37. The van der Waals surface area contributed by atoms with Gasteiger partial charge in [-0.3, -0.25) is 0 Å². The van der Waals surface area contributed by atoms with Crippen LogP contribution in [0.4, 0.5) is 0 Å². The zero-order valence-corrected chi connectivity index (χ0v) is 20.1. The highest BCUT2D eigenvalue weighted by molar-refractivity contribution is 7.34. The zero-order chi connectivity index (χ0) is 22.9. The highest BCUT2D eigenvalue weighted by Gasteiger charge is 2.20. The fraction of sp³-hybridized carbons (Fsp3) is 0.200. The van der Waals surface area contributed by atoms with E-state index in [4.69, 9.17) is 9.05 Å². The Balaban J connectivity index is 1.23. The van der Waals surface area contributed by atoms with Gasteiger partial charge in [-0.1, -0.05) is 72.8 Å². The molecule has 0 spiro atoms. The van der Waals surface area contributed by atoms with Gasteiger partial charge >= 0.3 is 8.25 Å². The van der Waals surface area contributed by atoms with Crippen molar-refractivity contribution < 1.29 is 13.6 Å². The molecule has 4 aromatic carbocycles. The Labute approximate surface area is 201 Å². The lowest BCUT2D eigenvalue weighted by Crippen LogP contribution is -2.00. The molecule has 0 heterocycles. The van der Waals surface area contributed by atoms with E-state index in [0.29, 0.717) is 11.5 Å². The smallest absolute Gasteiger partial charge is 0.418 e. The average Bonchev–Trinajstić information content (AvgIpc) is 3.16. The zero-order valence-electron chi connectivity index (χ0n) is 19.1. The minimum atomic E-state index is -2.77. The van der Waals surface area contributed by atoms with Gasteiger partial charge in [0.05, 0.1) is 0 Å². The number of aryl methyl sites for hydroxylation is 2. The van der Waals surface area contributed by atoms with Crippen LogP contribution in [-0.4, -0.2) is 0 Å². The number of hydrogen-bond acceptors (Lipinski definition) is 3. The van der Waals surface area contributed by atoms with E-state index in [1.54, 1.807) is 0 Å². The van der Waals surface area contributed by atoms with Crippen LogP contribution < -0.4 is 9.05 Å². The van der Waals surface area contributed by atoms with Crippen LogP contribution in [-0.2, 0) is 43.1 Å². The summed E-state index contributed by atoms with van der Waals surface area (Å²) in [4.78, 5) is 0. The van der Waals surface area contributed by atoms with Crippen molar-refractivity contribution in [3.05, 3.63) is 129 Å². The fourth-order valence-corrected chi connectivity index (χ4v) is 6.17. The van der Waals surface area contributed by atoms with Gasteiger partial charge in [0.2, 0.25) is 0 Å². The summed E-state index contributed by atoms with van der Waals surface area (Å²) in [6.45, 7) is 0. The van der Waals surface area contributed by atoms with Crippen molar-refractivity contribution >= 4 is 8.25 Å². The molecule has 3 nitrogen and oxygen atoms in total. The largest absolute Gasteiger partial charge is 0.418 e. The number of rotatable bonds is 4. The summed E-state index contributed by atoms with van der Waals surface area (Å²) in [7, 11) is -2.77. The van der Waals surface area contributed by atoms with Crippen molar-refractivity contribution in [3.8, 4) is 11.5 Å². The number of hydrogen-bond donors (Lipinski definition) is 0. The van der Waals surface area contributed by atoms with Crippen LogP contribution in [0.25, 0.3) is 0 Å². The molecular weight excluding hydrogens is 439 g/mol. The molecule has 0 radical (unpaired) electrons. The maximum atomic E-state index is 13.1.